The molecule has 0 radical (unpaired) electrons. The van der Waals surface area contributed by atoms with Gasteiger partial charge in [-0.05, 0) is 6.42 Å². The Hall–Kier alpha value is -1.25. The number of amides is 1. The van der Waals surface area contributed by atoms with Crippen molar-refractivity contribution in [2.75, 3.05) is 26.4 Å². The lowest BCUT2D eigenvalue weighted by molar-refractivity contribution is -0.0196. The highest BCUT2D eigenvalue weighted by molar-refractivity contribution is 5.64. The molecule has 2 N–H and O–H groups in total. The fraction of sp³-hybridized carbons (Fsp3) is 0.700. The molecule has 0 aromatic carbocycles. The summed E-state index contributed by atoms with van der Waals surface area (Å²) in [6, 6.07) is 0. The molecule has 86 valence electrons. The van der Waals surface area contributed by atoms with Crippen molar-refractivity contribution >= 4 is 6.09 Å². The third-order valence-corrected chi connectivity index (χ3v) is 1.42. The van der Waals surface area contributed by atoms with Crippen LogP contribution in [0.25, 0.3) is 0 Å². The molecule has 0 fully saturated rings. The second-order valence-corrected chi connectivity index (χ2v) is 2.85. The van der Waals surface area contributed by atoms with Gasteiger partial charge in [0.15, 0.2) is 6.10 Å². The van der Waals surface area contributed by atoms with Gasteiger partial charge in [-0.1, -0.05) is 12.8 Å². The summed E-state index contributed by atoms with van der Waals surface area (Å²) < 4.78 is 15.0. The Kier molecular flexibility index (Phi) is 8.53. The molecule has 0 aromatic rings. The van der Waals surface area contributed by atoms with Gasteiger partial charge in [0.1, 0.15) is 6.61 Å². The molecule has 0 rings (SSSR count). The number of terminal acetylenes is 1. The highest BCUT2D eigenvalue weighted by atomic mass is 16.6. The Morgan fingerprint density at radius 2 is 2.13 bits per heavy atom. The van der Waals surface area contributed by atoms with E-state index in [2.05, 4.69) is 5.92 Å². The molecule has 0 spiro atoms. The maximum absolute atomic E-state index is 10.5. The minimum Gasteiger partial charge on any atom is -0.441 e. The van der Waals surface area contributed by atoms with Gasteiger partial charge < -0.3 is 19.9 Å². The molecule has 0 bridgehead atoms. The maximum Gasteiger partial charge on any atom is 0.404 e. The van der Waals surface area contributed by atoms with E-state index in [0.717, 1.165) is 6.42 Å². The predicted octanol–water partition coefficient (Wildman–Crippen LogP) is 0.527. The summed E-state index contributed by atoms with van der Waals surface area (Å²) >= 11 is 0. The van der Waals surface area contributed by atoms with E-state index in [1.807, 2.05) is 6.92 Å². The lowest BCUT2D eigenvalue weighted by Gasteiger charge is -2.15. The van der Waals surface area contributed by atoms with Crippen LogP contribution in [0.3, 0.4) is 0 Å². The van der Waals surface area contributed by atoms with Gasteiger partial charge in [-0.2, -0.15) is 0 Å². The number of nitrogens with two attached hydrogens (primary N) is 1. The average molecular weight is 215 g/mol. The van der Waals surface area contributed by atoms with E-state index in [1.165, 1.54) is 0 Å². The lowest BCUT2D eigenvalue weighted by atomic mass is 10.4. The van der Waals surface area contributed by atoms with Crippen molar-refractivity contribution in [1.29, 1.82) is 0 Å². The summed E-state index contributed by atoms with van der Waals surface area (Å²) in [7, 11) is 0. The fourth-order valence-electron chi connectivity index (χ4n) is 0.889. The number of ether oxygens (including phenoxy) is 3. The standard InChI is InChI=1S/C10H17NO4/c1-3-5-13-7-9(15-10(11)12)8-14-6-4-2/h1,9H,4-8H2,2H3,(H2,11,12). The first-order valence-electron chi connectivity index (χ1n) is 4.75. The molecule has 1 atom stereocenters. The van der Waals surface area contributed by atoms with Crippen LogP contribution in [-0.4, -0.2) is 38.6 Å². The Morgan fingerprint density at radius 3 is 2.67 bits per heavy atom. The number of rotatable bonds is 8. The zero-order valence-electron chi connectivity index (χ0n) is 8.90. The van der Waals surface area contributed by atoms with E-state index in [-0.39, 0.29) is 19.8 Å². The van der Waals surface area contributed by atoms with E-state index in [9.17, 15) is 4.79 Å². The smallest absolute Gasteiger partial charge is 0.404 e. The minimum absolute atomic E-state index is 0.173. The second-order valence-electron chi connectivity index (χ2n) is 2.85. The lowest BCUT2D eigenvalue weighted by Crippen LogP contribution is -2.31. The number of hydrogen-bond donors (Lipinski definition) is 1. The van der Waals surface area contributed by atoms with Crippen LogP contribution in [0.15, 0.2) is 0 Å². The van der Waals surface area contributed by atoms with E-state index >= 15 is 0 Å². The Bertz CT molecular complexity index is 212. The van der Waals surface area contributed by atoms with Crippen molar-refractivity contribution in [3.63, 3.8) is 0 Å². The van der Waals surface area contributed by atoms with Crippen molar-refractivity contribution in [2.45, 2.75) is 19.4 Å². The zero-order chi connectivity index (χ0) is 11.5. The van der Waals surface area contributed by atoms with Crippen molar-refractivity contribution in [2.24, 2.45) is 5.73 Å². The van der Waals surface area contributed by atoms with Crippen LogP contribution in [0.5, 0.6) is 0 Å². The fourth-order valence-corrected chi connectivity index (χ4v) is 0.889. The molecular weight excluding hydrogens is 198 g/mol. The molecule has 5 nitrogen and oxygen atoms in total. The van der Waals surface area contributed by atoms with Crippen molar-refractivity contribution < 1.29 is 19.0 Å². The number of carbonyl (C=O) groups is 1. The summed E-state index contributed by atoms with van der Waals surface area (Å²) in [5.74, 6) is 2.31. The van der Waals surface area contributed by atoms with E-state index in [4.69, 9.17) is 26.4 Å². The highest BCUT2D eigenvalue weighted by Gasteiger charge is 2.12. The molecule has 1 unspecified atom stereocenters. The minimum atomic E-state index is -0.843. The second kappa shape index (κ2) is 9.31. The van der Waals surface area contributed by atoms with Crippen LogP contribution in [-0.2, 0) is 14.2 Å². The number of primary amides is 1. The first kappa shape index (κ1) is 13.8. The molecule has 0 heterocycles. The summed E-state index contributed by atoms with van der Waals surface area (Å²) in [6.45, 7) is 3.22. The Morgan fingerprint density at radius 1 is 1.47 bits per heavy atom. The molecule has 15 heavy (non-hydrogen) atoms. The third-order valence-electron chi connectivity index (χ3n) is 1.42. The van der Waals surface area contributed by atoms with Gasteiger partial charge >= 0.3 is 6.09 Å². The van der Waals surface area contributed by atoms with E-state index < -0.39 is 12.2 Å². The van der Waals surface area contributed by atoms with Crippen LogP contribution in [0.1, 0.15) is 13.3 Å². The predicted molar refractivity (Wildman–Crippen MR) is 55.2 cm³/mol. The summed E-state index contributed by atoms with van der Waals surface area (Å²) in [4.78, 5) is 10.5. The maximum atomic E-state index is 10.5. The summed E-state index contributed by atoms with van der Waals surface area (Å²) in [5.41, 5.74) is 4.89. The van der Waals surface area contributed by atoms with Crippen LogP contribution in [0.4, 0.5) is 4.79 Å². The van der Waals surface area contributed by atoms with Gasteiger partial charge in [-0.15, -0.1) is 6.42 Å². The van der Waals surface area contributed by atoms with Crippen LogP contribution >= 0.6 is 0 Å². The largest absolute Gasteiger partial charge is 0.441 e. The van der Waals surface area contributed by atoms with E-state index in [0.29, 0.717) is 6.61 Å². The molecule has 1 amide bonds. The monoisotopic (exact) mass is 215 g/mol. The van der Waals surface area contributed by atoms with Crippen LogP contribution in [0, 0.1) is 12.3 Å². The van der Waals surface area contributed by atoms with Crippen molar-refractivity contribution in [3.05, 3.63) is 0 Å². The molecule has 0 saturated heterocycles. The first-order valence-corrected chi connectivity index (χ1v) is 4.75. The van der Waals surface area contributed by atoms with Gasteiger partial charge in [0.05, 0.1) is 13.2 Å². The summed E-state index contributed by atoms with van der Waals surface area (Å²) in [6.07, 6.45) is 4.56. The quantitative estimate of drug-likeness (QED) is 0.473. The Labute approximate surface area is 89.9 Å². The Balaban J connectivity index is 3.74. The highest BCUT2D eigenvalue weighted by Crippen LogP contribution is 1.96. The topological polar surface area (TPSA) is 70.8 Å². The molecule has 0 saturated carbocycles. The number of carbonyl (C=O) groups excluding carboxylic acids is 1. The molecule has 0 aliphatic heterocycles. The first-order chi connectivity index (χ1) is 7.20. The van der Waals surface area contributed by atoms with Gasteiger partial charge in [-0.25, -0.2) is 4.79 Å². The molecule has 0 aliphatic rings. The van der Waals surface area contributed by atoms with Crippen molar-refractivity contribution in [3.8, 4) is 12.3 Å². The third kappa shape index (κ3) is 9.06. The van der Waals surface area contributed by atoms with Crippen LogP contribution in [0.2, 0.25) is 0 Å². The van der Waals surface area contributed by atoms with Gasteiger partial charge in [0, 0.05) is 6.61 Å². The van der Waals surface area contributed by atoms with Gasteiger partial charge in [0.2, 0.25) is 0 Å². The van der Waals surface area contributed by atoms with Gasteiger partial charge in [-0.3, -0.25) is 0 Å². The van der Waals surface area contributed by atoms with Crippen LogP contribution < -0.4 is 5.73 Å². The zero-order valence-corrected chi connectivity index (χ0v) is 8.90. The SMILES string of the molecule is C#CCOCC(COCCC)OC(N)=O. The molecule has 5 heteroatoms. The van der Waals surface area contributed by atoms with E-state index in [1.54, 1.807) is 0 Å². The molecule has 0 aromatic heterocycles. The average Bonchev–Trinajstić information content (AvgIpc) is 2.17. The normalized spacial score (nSPS) is 11.7. The summed E-state index contributed by atoms with van der Waals surface area (Å²) in [5, 5.41) is 0. The van der Waals surface area contributed by atoms with Crippen molar-refractivity contribution in [1.82, 2.24) is 0 Å². The van der Waals surface area contributed by atoms with Gasteiger partial charge in [0.25, 0.3) is 0 Å². The molecule has 0 aliphatic carbocycles. The molecular formula is C10H17NO4. The number of hydrogen-bond acceptors (Lipinski definition) is 4.